The minimum Gasteiger partial charge on any atom is -0.344 e. The number of rotatable bonds is 2. The molecule has 3 nitrogen and oxygen atoms in total. The van der Waals surface area contributed by atoms with Gasteiger partial charge in [0, 0.05) is 11.1 Å². The predicted octanol–water partition coefficient (Wildman–Crippen LogP) is 6.93. The second-order valence-corrected chi connectivity index (χ2v) is 6.99. The van der Waals surface area contributed by atoms with Gasteiger partial charge in [0.15, 0.2) is 0 Å². The van der Waals surface area contributed by atoms with Gasteiger partial charge >= 0.3 is 17.1 Å². The summed E-state index contributed by atoms with van der Waals surface area (Å²) >= 11 is 0. The average Bonchev–Trinajstić information content (AvgIpc) is 2.67. The van der Waals surface area contributed by atoms with E-state index in [1.54, 1.807) is 0 Å². The van der Waals surface area contributed by atoms with Crippen molar-refractivity contribution in [3.63, 3.8) is 0 Å². The van der Waals surface area contributed by atoms with Crippen LogP contribution in [0.1, 0.15) is 42.3 Å². The molecule has 5 heteroatoms. The number of hydrogen-bond acceptors (Lipinski definition) is 3. The molecule has 4 aromatic rings. The largest absolute Gasteiger partial charge is 2.00 e. The molecule has 30 heavy (non-hydrogen) atoms. The molecule has 158 valence electrons. The molecule has 2 aromatic carbocycles. The number of fused-ring (bicyclic) bond motifs is 3. The van der Waals surface area contributed by atoms with Crippen molar-refractivity contribution >= 4 is 34.2 Å². The van der Waals surface area contributed by atoms with Crippen LogP contribution >= 0.6 is 12.4 Å². The third-order valence-corrected chi connectivity index (χ3v) is 4.40. The summed E-state index contributed by atoms with van der Waals surface area (Å²) in [5.41, 5.74) is 6.16. The molecule has 0 spiro atoms. The fraction of sp³-hybridized carbons (Fsp3) is 0.200. The van der Waals surface area contributed by atoms with Gasteiger partial charge in [-0.1, -0.05) is 45.9 Å². The molecule has 4 rings (SSSR count). The van der Waals surface area contributed by atoms with Crippen LogP contribution in [-0.4, -0.2) is 9.97 Å². The van der Waals surface area contributed by atoms with E-state index >= 15 is 0 Å². The van der Waals surface area contributed by atoms with E-state index in [0.717, 1.165) is 33.2 Å². The summed E-state index contributed by atoms with van der Waals surface area (Å²) in [5.74, 6) is 0.411. The Hall–Kier alpha value is -2.23. The van der Waals surface area contributed by atoms with Crippen LogP contribution in [0.3, 0.4) is 0 Å². The van der Waals surface area contributed by atoms with Gasteiger partial charge in [-0.2, -0.15) is 48.0 Å². The zero-order chi connectivity index (χ0) is 19.4. The van der Waals surface area contributed by atoms with Crippen LogP contribution in [0, 0.1) is 26.0 Å². The molecule has 2 aromatic heterocycles. The SMILES string of the molecule is C=[C-]c1ccc2ccc3ccc(C(C)C)nc3c2n1.Cc1[c-]c(C)ccc1.Cl.N.[Fe+2]. The maximum Gasteiger partial charge on any atom is 2.00 e. The molecule has 3 N–H and O–H groups in total. The van der Waals surface area contributed by atoms with E-state index in [0.29, 0.717) is 5.92 Å². The van der Waals surface area contributed by atoms with E-state index in [4.69, 9.17) is 4.98 Å². The Kier molecular flexibility index (Phi) is 11.5. The molecule has 0 aliphatic carbocycles. The zero-order valence-corrected chi connectivity index (χ0v) is 19.8. The van der Waals surface area contributed by atoms with Crippen molar-refractivity contribution in [3.05, 3.63) is 95.8 Å². The summed E-state index contributed by atoms with van der Waals surface area (Å²) in [6.45, 7) is 12.0. The van der Waals surface area contributed by atoms with Gasteiger partial charge < -0.3 is 6.15 Å². The Balaban J connectivity index is 0.000000659. The maximum atomic E-state index is 4.77. The van der Waals surface area contributed by atoms with Crippen molar-refractivity contribution in [1.82, 2.24) is 16.1 Å². The third kappa shape index (κ3) is 6.65. The molecule has 0 amide bonds. The van der Waals surface area contributed by atoms with Gasteiger partial charge in [0.1, 0.15) is 0 Å². The van der Waals surface area contributed by atoms with Crippen LogP contribution < -0.4 is 6.15 Å². The van der Waals surface area contributed by atoms with Gasteiger partial charge in [-0.05, 0) is 17.4 Å². The first-order valence-electron chi connectivity index (χ1n) is 9.17. The van der Waals surface area contributed by atoms with Crippen molar-refractivity contribution in [2.75, 3.05) is 0 Å². The Morgan fingerprint density at radius 3 is 1.80 bits per heavy atom. The summed E-state index contributed by atoms with van der Waals surface area (Å²) in [6, 6.07) is 21.6. The van der Waals surface area contributed by atoms with Crippen LogP contribution in [0.2, 0.25) is 0 Å². The Bertz CT molecular complexity index is 1090. The first-order chi connectivity index (χ1) is 13.0. The summed E-state index contributed by atoms with van der Waals surface area (Å²) in [4.78, 5) is 9.35. The number of hydrogen-bond donors (Lipinski definition) is 1. The van der Waals surface area contributed by atoms with E-state index < -0.39 is 0 Å². The molecule has 0 radical (unpaired) electrons. The fourth-order valence-corrected chi connectivity index (χ4v) is 2.93. The smallest absolute Gasteiger partial charge is 0.344 e. The average molecular weight is 462 g/mol. The van der Waals surface area contributed by atoms with E-state index in [9.17, 15) is 0 Å². The summed E-state index contributed by atoms with van der Waals surface area (Å²) in [5, 5.41) is 2.21. The molecule has 0 aliphatic rings. The van der Waals surface area contributed by atoms with Gasteiger partial charge in [-0.15, -0.1) is 24.2 Å². The second kappa shape index (κ2) is 12.5. The van der Waals surface area contributed by atoms with Crippen molar-refractivity contribution < 1.29 is 17.1 Å². The van der Waals surface area contributed by atoms with E-state index in [1.807, 2.05) is 44.2 Å². The minimum atomic E-state index is 0. The number of halogens is 1. The van der Waals surface area contributed by atoms with Crippen molar-refractivity contribution in [1.29, 1.82) is 0 Å². The van der Waals surface area contributed by atoms with E-state index in [1.165, 1.54) is 11.1 Å². The molecule has 0 bridgehead atoms. The first-order valence-corrected chi connectivity index (χ1v) is 9.17. The van der Waals surface area contributed by atoms with Gasteiger partial charge in [0.05, 0.1) is 11.0 Å². The predicted molar refractivity (Wildman–Crippen MR) is 126 cm³/mol. The number of aryl methyl sites for hydroxylation is 2. The van der Waals surface area contributed by atoms with Crippen molar-refractivity contribution in [2.24, 2.45) is 0 Å². The van der Waals surface area contributed by atoms with Crippen molar-refractivity contribution in [2.45, 2.75) is 33.6 Å². The van der Waals surface area contributed by atoms with Crippen LogP contribution in [-0.2, 0) is 17.1 Å². The van der Waals surface area contributed by atoms with E-state index in [2.05, 4.69) is 61.8 Å². The number of aromatic nitrogens is 2. The van der Waals surface area contributed by atoms with Crippen molar-refractivity contribution in [3.8, 4) is 0 Å². The molecule has 0 unspecified atom stereocenters. The second-order valence-electron chi connectivity index (χ2n) is 6.99. The van der Waals surface area contributed by atoms with Gasteiger partial charge in [-0.25, -0.2) is 6.08 Å². The van der Waals surface area contributed by atoms with Gasteiger partial charge in [-0.3, -0.25) is 9.97 Å². The van der Waals surface area contributed by atoms with Gasteiger partial charge in [0.2, 0.25) is 0 Å². The molecule has 0 saturated carbocycles. The molecule has 0 saturated heterocycles. The van der Waals surface area contributed by atoms with Crippen LogP contribution in [0.4, 0.5) is 0 Å². The summed E-state index contributed by atoms with van der Waals surface area (Å²) < 4.78 is 0. The van der Waals surface area contributed by atoms with Crippen LogP contribution in [0.5, 0.6) is 0 Å². The molecule has 2 heterocycles. The Morgan fingerprint density at radius 1 is 0.833 bits per heavy atom. The minimum absolute atomic E-state index is 0. The van der Waals surface area contributed by atoms with Crippen LogP contribution in [0.15, 0.2) is 61.2 Å². The Labute approximate surface area is 196 Å². The normalized spacial score (nSPS) is 9.63. The van der Waals surface area contributed by atoms with Gasteiger partial charge in [0.25, 0.3) is 0 Å². The fourth-order valence-electron chi connectivity index (χ4n) is 2.93. The third-order valence-electron chi connectivity index (χ3n) is 4.40. The monoisotopic (exact) mass is 461 g/mol. The topological polar surface area (TPSA) is 60.8 Å². The van der Waals surface area contributed by atoms with E-state index in [-0.39, 0.29) is 35.6 Å². The maximum absolute atomic E-state index is 4.77. The standard InChI is InChI=1S/C17H15N2.C8H9.ClH.Fe.H3N/c1-4-14-9-7-12-5-6-13-8-10-15(11(2)3)19-17(13)16(12)18-14;1-7-4-3-5-8(2)6-7;;;/h5-11H,1H2,2-3H3;3-5H,1-2H3;1H;;1H3/q2*-1;;+2;. The zero-order valence-electron chi connectivity index (χ0n) is 17.8. The molecule has 0 atom stereocenters. The van der Waals surface area contributed by atoms with Crippen LogP contribution in [0.25, 0.3) is 21.8 Å². The quantitative estimate of drug-likeness (QED) is 0.200. The molecular formula is C25H28ClFeN3. The number of nitrogens with zero attached hydrogens (tertiary/aromatic N) is 2. The summed E-state index contributed by atoms with van der Waals surface area (Å²) in [7, 11) is 0. The number of benzene rings is 2. The first kappa shape index (κ1) is 27.8. The summed E-state index contributed by atoms with van der Waals surface area (Å²) in [6.07, 6.45) is 2.83. The molecular weight excluding hydrogens is 434 g/mol. The Morgan fingerprint density at radius 2 is 1.33 bits per heavy atom. The molecule has 0 aliphatic heterocycles. The molecule has 0 fully saturated rings. The number of pyridine rings is 2.